The number of imidazole rings is 1. The van der Waals surface area contributed by atoms with E-state index < -0.39 is 0 Å². The highest BCUT2D eigenvalue weighted by atomic mass is 35.5. The van der Waals surface area contributed by atoms with E-state index in [9.17, 15) is 4.79 Å². The van der Waals surface area contributed by atoms with Crippen LogP contribution in [0.1, 0.15) is 15.9 Å². The maximum atomic E-state index is 12.5. The fraction of sp³-hybridized carbons (Fsp3) is 0. The number of nitrogens with zero attached hydrogens (tertiary/aromatic N) is 2. The molecule has 0 radical (unpaired) electrons. The van der Waals surface area contributed by atoms with Crippen molar-refractivity contribution in [3.8, 4) is 5.69 Å². The molecule has 0 aliphatic rings. The SMILES string of the molecule is O=C(c1ccc(-n2ccnc2)cc1)c1cc(Cl)ccc1Cl. The molecule has 0 fully saturated rings. The second kappa shape index (κ2) is 5.72. The highest BCUT2D eigenvalue weighted by Gasteiger charge is 2.13. The first kappa shape index (κ1) is 13.9. The van der Waals surface area contributed by atoms with E-state index in [4.69, 9.17) is 23.2 Å². The second-order valence-electron chi connectivity index (χ2n) is 4.47. The summed E-state index contributed by atoms with van der Waals surface area (Å²) in [6.45, 7) is 0. The average molecular weight is 317 g/mol. The zero-order chi connectivity index (χ0) is 14.8. The molecule has 0 unspecified atom stereocenters. The lowest BCUT2D eigenvalue weighted by molar-refractivity contribution is 0.103. The first-order chi connectivity index (χ1) is 10.1. The van der Waals surface area contributed by atoms with Gasteiger partial charge in [0, 0.05) is 34.2 Å². The van der Waals surface area contributed by atoms with Gasteiger partial charge in [-0.15, -0.1) is 0 Å². The molecule has 1 heterocycles. The van der Waals surface area contributed by atoms with E-state index in [-0.39, 0.29) is 5.78 Å². The van der Waals surface area contributed by atoms with Crippen molar-refractivity contribution in [1.29, 1.82) is 0 Å². The van der Waals surface area contributed by atoms with Crippen LogP contribution in [-0.2, 0) is 0 Å². The summed E-state index contributed by atoms with van der Waals surface area (Å²) in [5.41, 5.74) is 1.89. The predicted octanol–water partition coefficient (Wildman–Crippen LogP) is 4.41. The molecule has 104 valence electrons. The van der Waals surface area contributed by atoms with Crippen LogP contribution in [-0.4, -0.2) is 15.3 Å². The van der Waals surface area contributed by atoms with E-state index in [2.05, 4.69) is 4.98 Å². The lowest BCUT2D eigenvalue weighted by Gasteiger charge is -2.06. The van der Waals surface area contributed by atoms with Crippen LogP contribution < -0.4 is 0 Å². The predicted molar refractivity (Wildman–Crippen MR) is 83.5 cm³/mol. The van der Waals surface area contributed by atoms with Gasteiger partial charge in [0.1, 0.15) is 0 Å². The van der Waals surface area contributed by atoms with Gasteiger partial charge in [-0.2, -0.15) is 0 Å². The molecule has 3 rings (SSSR count). The molecule has 5 heteroatoms. The Kier molecular flexibility index (Phi) is 3.78. The van der Waals surface area contributed by atoms with Crippen molar-refractivity contribution in [3.05, 3.63) is 82.4 Å². The molecule has 0 amide bonds. The third-order valence-electron chi connectivity index (χ3n) is 3.11. The van der Waals surface area contributed by atoms with Crippen LogP contribution in [0.2, 0.25) is 10.0 Å². The van der Waals surface area contributed by atoms with E-state index in [0.717, 1.165) is 5.69 Å². The summed E-state index contributed by atoms with van der Waals surface area (Å²) in [7, 11) is 0. The highest BCUT2D eigenvalue weighted by Crippen LogP contribution is 2.23. The van der Waals surface area contributed by atoms with Gasteiger partial charge in [-0.05, 0) is 42.5 Å². The Bertz CT molecular complexity index is 781. The summed E-state index contributed by atoms with van der Waals surface area (Å²) < 4.78 is 1.86. The molecule has 0 aliphatic carbocycles. The number of rotatable bonds is 3. The van der Waals surface area contributed by atoms with Crippen molar-refractivity contribution in [2.45, 2.75) is 0 Å². The standard InChI is InChI=1S/C16H10Cl2N2O/c17-12-3-6-15(18)14(9-12)16(21)11-1-4-13(5-2-11)20-8-7-19-10-20/h1-10H. The zero-order valence-electron chi connectivity index (χ0n) is 10.8. The number of halogens is 2. The van der Waals surface area contributed by atoms with Crippen molar-refractivity contribution in [2.24, 2.45) is 0 Å². The number of carbonyl (C=O) groups is 1. The molecule has 21 heavy (non-hydrogen) atoms. The number of ketones is 1. The number of aromatic nitrogens is 2. The molecule has 0 N–H and O–H groups in total. The Labute approximate surface area is 131 Å². The van der Waals surface area contributed by atoms with Gasteiger partial charge in [0.25, 0.3) is 0 Å². The number of carbonyl (C=O) groups excluding carboxylic acids is 1. The Balaban J connectivity index is 1.93. The van der Waals surface area contributed by atoms with Gasteiger partial charge >= 0.3 is 0 Å². The lowest BCUT2D eigenvalue weighted by Crippen LogP contribution is -2.02. The van der Waals surface area contributed by atoms with E-state index in [1.165, 1.54) is 0 Å². The van der Waals surface area contributed by atoms with Crippen LogP contribution in [0.25, 0.3) is 5.69 Å². The van der Waals surface area contributed by atoms with Crippen molar-refractivity contribution in [2.75, 3.05) is 0 Å². The van der Waals surface area contributed by atoms with Crippen LogP contribution in [0.4, 0.5) is 0 Å². The smallest absolute Gasteiger partial charge is 0.194 e. The Hall–Kier alpha value is -2.10. The van der Waals surface area contributed by atoms with Gasteiger partial charge in [0.05, 0.1) is 11.3 Å². The molecule has 2 aromatic carbocycles. The van der Waals surface area contributed by atoms with E-state index >= 15 is 0 Å². The maximum Gasteiger partial charge on any atom is 0.194 e. The molecule has 0 bridgehead atoms. The van der Waals surface area contributed by atoms with Crippen molar-refractivity contribution in [3.63, 3.8) is 0 Å². The minimum Gasteiger partial charge on any atom is -0.306 e. The molecule has 1 aromatic heterocycles. The topological polar surface area (TPSA) is 34.9 Å². The summed E-state index contributed by atoms with van der Waals surface area (Å²) >= 11 is 12.0. The van der Waals surface area contributed by atoms with Crippen LogP contribution in [0.3, 0.4) is 0 Å². The second-order valence-corrected chi connectivity index (χ2v) is 5.31. The number of hydrogen-bond donors (Lipinski definition) is 0. The van der Waals surface area contributed by atoms with Gasteiger partial charge in [0.2, 0.25) is 0 Å². The molecular weight excluding hydrogens is 307 g/mol. The van der Waals surface area contributed by atoms with Crippen LogP contribution >= 0.6 is 23.2 Å². The average Bonchev–Trinajstić information content (AvgIpc) is 3.03. The molecule has 3 nitrogen and oxygen atoms in total. The Morgan fingerprint density at radius 1 is 1.05 bits per heavy atom. The Morgan fingerprint density at radius 3 is 2.48 bits per heavy atom. The van der Waals surface area contributed by atoms with Crippen LogP contribution in [0.5, 0.6) is 0 Å². The van der Waals surface area contributed by atoms with Gasteiger partial charge in [0.15, 0.2) is 5.78 Å². The zero-order valence-corrected chi connectivity index (χ0v) is 12.3. The van der Waals surface area contributed by atoms with Crippen LogP contribution in [0.15, 0.2) is 61.2 Å². The molecule has 3 aromatic rings. The summed E-state index contributed by atoms with van der Waals surface area (Å²) in [6, 6.07) is 12.1. The largest absolute Gasteiger partial charge is 0.306 e. The van der Waals surface area contributed by atoms with Crippen LogP contribution in [0, 0.1) is 0 Å². The fourth-order valence-electron chi connectivity index (χ4n) is 2.02. The summed E-state index contributed by atoms with van der Waals surface area (Å²) in [6.07, 6.45) is 5.24. The summed E-state index contributed by atoms with van der Waals surface area (Å²) in [5.74, 6) is -0.153. The lowest BCUT2D eigenvalue weighted by atomic mass is 10.0. The molecular formula is C16H10Cl2N2O. The first-order valence-electron chi connectivity index (χ1n) is 6.23. The molecule has 0 saturated carbocycles. The molecule has 0 saturated heterocycles. The van der Waals surface area contributed by atoms with Gasteiger partial charge in [-0.1, -0.05) is 23.2 Å². The van der Waals surface area contributed by atoms with Gasteiger partial charge in [-0.25, -0.2) is 4.98 Å². The maximum absolute atomic E-state index is 12.5. The third kappa shape index (κ3) is 2.84. The molecule has 0 spiro atoms. The van der Waals surface area contributed by atoms with E-state index in [0.29, 0.717) is 21.2 Å². The molecule has 0 aliphatic heterocycles. The highest BCUT2D eigenvalue weighted by molar-refractivity contribution is 6.36. The van der Waals surface area contributed by atoms with E-state index in [1.54, 1.807) is 42.9 Å². The minimum atomic E-state index is -0.153. The van der Waals surface area contributed by atoms with Crippen molar-refractivity contribution >= 4 is 29.0 Å². The first-order valence-corrected chi connectivity index (χ1v) is 6.99. The fourth-order valence-corrected chi connectivity index (χ4v) is 2.40. The summed E-state index contributed by atoms with van der Waals surface area (Å²) in [4.78, 5) is 16.4. The minimum absolute atomic E-state index is 0.153. The van der Waals surface area contributed by atoms with Crippen molar-refractivity contribution in [1.82, 2.24) is 9.55 Å². The van der Waals surface area contributed by atoms with Gasteiger partial charge in [-0.3, -0.25) is 4.79 Å². The number of hydrogen-bond acceptors (Lipinski definition) is 2. The number of benzene rings is 2. The van der Waals surface area contributed by atoms with Gasteiger partial charge < -0.3 is 4.57 Å². The van der Waals surface area contributed by atoms with E-state index in [1.807, 2.05) is 22.9 Å². The quantitative estimate of drug-likeness (QED) is 0.671. The summed E-state index contributed by atoms with van der Waals surface area (Å²) in [5, 5.41) is 0.876. The Morgan fingerprint density at radius 2 is 1.81 bits per heavy atom. The third-order valence-corrected chi connectivity index (χ3v) is 3.67. The van der Waals surface area contributed by atoms with Crippen molar-refractivity contribution < 1.29 is 4.79 Å². The monoisotopic (exact) mass is 316 g/mol. The normalized spacial score (nSPS) is 10.6. The molecule has 0 atom stereocenters.